The van der Waals surface area contributed by atoms with Crippen molar-refractivity contribution < 1.29 is 32.9 Å². The summed E-state index contributed by atoms with van der Waals surface area (Å²) in [5.41, 5.74) is 0. The fourth-order valence-electron chi connectivity index (χ4n) is 5.92. The summed E-state index contributed by atoms with van der Waals surface area (Å²) in [5.74, 6) is -0.175. The van der Waals surface area contributed by atoms with Crippen LogP contribution in [0.5, 0.6) is 0 Å². The minimum atomic E-state index is -4.56. The second-order valence-corrected chi connectivity index (χ2v) is 16.8. The van der Waals surface area contributed by atoms with Gasteiger partial charge in [0.2, 0.25) is 5.91 Å². The second kappa shape index (κ2) is 33.1. The summed E-state index contributed by atoms with van der Waals surface area (Å²) in [4.78, 5) is 25.2. The summed E-state index contributed by atoms with van der Waals surface area (Å²) in [6.07, 6.45) is 35.1. The van der Waals surface area contributed by atoms with E-state index in [2.05, 4.69) is 31.3 Å². The van der Waals surface area contributed by atoms with Crippen molar-refractivity contribution >= 4 is 13.7 Å². The molecule has 0 aromatic heterocycles. The Bertz CT molecular complexity index is 819. The van der Waals surface area contributed by atoms with Crippen LogP contribution in [0.1, 0.15) is 187 Å². The van der Waals surface area contributed by atoms with Gasteiger partial charge in [0.15, 0.2) is 0 Å². The van der Waals surface area contributed by atoms with Crippen molar-refractivity contribution in [1.29, 1.82) is 0 Å². The van der Waals surface area contributed by atoms with Gasteiger partial charge in [0, 0.05) is 6.42 Å². The highest BCUT2D eigenvalue weighted by Crippen LogP contribution is 2.38. The molecule has 0 rings (SSSR count). The van der Waals surface area contributed by atoms with Crippen LogP contribution >= 0.6 is 7.82 Å². The van der Waals surface area contributed by atoms with Gasteiger partial charge in [0.1, 0.15) is 13.2 Å². The number of nitrogens with one attached hydrogen (secondary N) is 1. The van der Waals surface area contributed by atoms with Gasteiger partial charge in [0.25, 0.3) is 7.82 Å². The molecule has 1 unspecified atom stereocenters. The van der Waals surface area contributed by atoms with E-state index < -0.39 is 20.0 Å². The van der Waals surface area contributed by atoms with Crippen LogP contribution < -0.4 is 10.2 Å². The fourth-order valence-corrected chi connectivity index (χ4v) is 6.64. The van der Waals surface area contributed by atoms with Crippen LogP contribution in [0.15, 0.2) is 12.2 Å². The van der Waals surface area contributed by atoms with Crippen molar-refractivity contribution in [3.8, 4) is 0 Å². The lowest BCUT2D eigenvalue weighted by molar-refractivity contribution is -0.870. The molecule has 0 spiro atoms. The first-order chi connectivity index (χ1) is 23.5. The number of phosphoric ester groups is 1. The molecule has 0 aliphatic heterocycles. The van der Waals surface area contributed by atoms with Gasteiger partial charge in [-0.25, -0.2) is 0 Å². The minimum Gasteiger partial charge on any atom is -0.756 e. The summed E-state index contributed by atoms with van der Waals surface area (Å²) in [6.45, 7) is 4.65. The predicted molar refractivity (Wildman–Crippen MR) is 205 cm³/mol. The Morgan fingerprint density at radius 1 is 0.694 bits per heavy atom. The van der Waals surface area contributed by atoms with E-state index in [9.17, 15) is 19.4 Å². The number of likely N-dealkylation sites (N-methyl/N-ethyl adjacent to an activating group) is 1. The van der Waals surface area contributed by atoms with Crippen molar-refractivity contribution in [1.82, 2.24) is 5.32 Å². The standard InChI is InChI=1S/C40H81N2O6P/c1-6-8-10-12-14-16-17-18-19-20-21-22-23-24-26-28-30-32-34-40(44)41-38(37-48-49(45,46)47-36-35-42(3,4)5)39(43)33-31-29-27-25-15-13-11-9-7-2/h15,25,38-39,43H,6-14,16-24,26-37H2,1-5H3,(H-,41,44,45,46)/b25-15+/t38-,39+/m0/s1. The van der Waals surface area contributed by atoms with Gasteiger partial charge in [-0.1, -0.05) is 154 Å². The summed E-state index contributed by atoms with van der Waals surface area (Å²) in [6, 6.07) is -0.808. The van der Waals surface area contributed by atoms with Gasteiger partial charge < -0.3 is 28.8 Å². The molecule has 49 heavy (non-hydrogen) atoms. The monoisotopic (exact) mass is 717 g/mol. The number of phosphoric acid groups is 1. The lowest BCUT2D eigenvalue weighted by Crippen LogP contribution is -2.46. The Morgan fingerprint density at radius 3 is 1.59 bits per heavy atom. The largest absolute Gasteiger partial charge is 0.756 e. The Morgan fingerprint density at radius 2 is 1.12 bits per heavy atom. The summed E-state index contributed by atoms with van der Waals surface area (Å²) in [7, 11) is 1.29. The SMILES string of the molecule is CCCCC/C=C/CCCC[C@@H](O)[C@H](COP(=O)([O-])OCC[N+](C)(C)C)NC(=O)CCCCCCCCCCCCCCCCCCCC. The van der Waals surface area contributed by atoms with E-state index in [0.29, 0.717) is 23.9 Å². The van der Waals surface area contributed by atoms with Crippen LogP contribution in [-0.4, -0.2) is 68.5 Å². The van der Waals surface area contributed by atoms with Crippen LogP contribution in [0.2, 0.25) is 0 Å². The zero-order valence-corrected chi connectivity index (χ0v) is 33.8. The molecule has 0 aliphatic carbocycles. The maximum atomic E-state index is 12.8. The molecule has 0 saturated heterocycles. The zero-order chi connectivity index (χ0) is 36.5. The molecule has 0 saturated carbocycles. The average Bonchev–Trinajstić information content (AvgIpc) is 3.04. The Labute approximate surface area is 303 Å². The van der Waals surface area contributed by atoms with Crippen molar-refractivity contribution in [2.24, 2.45) is 0 Å². The van der Waals surface area contributed by atoms with E-state index in [1.54, 1.807) is 0 Å². The van der Waals surface area contributed by atoms with Crippen molar-refractivity contribution in [3.05, 3.63) is 12.2 Å². The smallest absolute Gasteiger partial charge is 0.268 e. The molecule has 0 bridgehead atoms. The molecule has 292 valence electrons. The van der Waals surface area contributed by atoms with E-state index in [1.165, 1.54) is 116 Å². The third-order valence-corrected chi connectivity index (χ3v) is 10.2. The molecular formula is C40H81N2O6P. The van der Waals surface area contributed by atoms with Crippen LogP contribution in [0.25, 0.3) is 0 Å². The van der Waals surface area contributed by atoms with Crippen molar-refractivity contribution in [2.75, 3.05) is 40.9 Å². The van der Waals surface area contributed by atoms with Gasteiger partial charge in [0.05, 0.1) is 39.9 Å². The normalized spacial score (nSPS) is 14.7. The fraction of sp³-hybridized carbons (Fsp3) is 0.925. The number of aliphatic hydroxyl groups excluding tert-OH is 1. The Hall–Kier alpha value is -0.760. The third kappa shape index (κ3) is 35.4. The number of carbonyl (C=O) groups is 1. The molecule has 0 aromatic rings. The number of carbonyl (C=O) groups excluding carboxylic acids is 1. The van der Waals surface area contributed by atoms with Gasteiger partial charge >= 0.3 is 0 Å². The lowest BCUT2D eigenvalue weighted by atomic mass is 10.0. The molecular weight excluding hydrogens is 635 g/mol. The molecule has 0 heterocycles. The quantitative estimate of drug-likeness (QED) is 0.0287. The van der Waals surface area contributed by atoms with Gasteiger partial charge in [-0.3, -0.25) is 9.36 Å². The maximum absolute atomic E-state index is 12.8. The van der Waals surface area contributed by atoms with Crippen LogP contribution in [0.4, 0.5) is 0 Å². The third-order valence-electron chi connectivity index (χ3n) is 9.25. The lowest BCUT2D eigenvalue weighted by Gasteiger charge is -2.30. The Kier molecular flexibility index (Phi) is 32.6. The topological polar surface area (TPSA) is 108 Å². The van der Waals surface area contributed by atoms with Crippen LogP contribution in [0, 0.1) is 0 Å². The molecule has 8 nitrogen and oxygen atoms in total. The number of hydrogen-bond donors (Lipinski definition) is 2. The molecule has 0 radical (unpaired) electrons. The first-order valence-electron chi connectivity index (χ1n) is 20.5. The summed E-state index contributed by atoms with van der Waals surface area (Å²) in [5, 5.41) is 13.8. The molecule has 0 aliphatic rings. The number of amides is 1. The number of quaternary nitrogens is 1. The molecule has 0 aromatic carbocycles. The van der Waals surface area contributed by atoms with Crippen molar-refractivity contribution in [2.45, 2.75) is 199 Å². The zero-order valence-electron chi connectivity index (χ0n) is 32.9. The molecule has 2 N–H and O–H groups in total. The molecule has 9 heteroatoms. The highest BCUT2D eigenvalue weighted by Gasteiger charge is 2.24. The van der Waals surface area contributed by atoms with E-state index >= 15 is 0 Å². The number of nitrogens with zero attached hydrogens (tertiary/aromatic N) is 1. The predicted octanol–water partition coefficient (Wildman–Crippen LogP) is 10.2. The van der Waals surface area contributed by atoms with E-state index in [-0.39, 0.29) is 19.1 Å². The van der Waals surface area contributed by atoms with Gasteiger partial charge in [-0.15, -0.1) is 0 Å². The number of hydrogen-bond acceptors (Lipinski definition) is 6. The number of unbranched alkanes of at least 4 members (excludes halogenated alkanes) is 22. The molecule has 0 fully saturated rings. The van der Waals surface area contributed by atoms with Crippen LogP contribution in [0.3, 0.4) is 0 Å². The number of allylic oxidation sites excluding steroid dienone is 2. The highest BCUT2D eigenvalue weighted by atomic mass is 31.2. The van der Waals surface area contributed by atoms with Gasteiger partial charge in [-0.05, 0) is 38.5 Å². The highest BCUT2D eigenvalue weighted by molar-refractivity contribution is 7.45. The van der Waals surface area contributed by atoms with Crippen LogP contribution in [-0.2, 0) is 18.4 Å². The second-order valence-electron chi connectivity index (χ2n) is 15.3. The average molecular weight is 717 g/mol. The Balaban J connectivity index is 4.30. The summed E-state index contributed by atoms with van der Waals surface area (Å²) < 4.78 is 23.1. The number of aliphatic hydroxyl groups is 1. The summed E-state index contributed by atoms with van der Waals surface area (Å²) >= 11 is 0. The molecule has 1 amide bonds. The first kappa shape index (κ1) is 48.2. The van der Waals surface area contributed by atoms with E-state index in [4.69, 9.17) is 9.05 Å². The van der Waals surface area contributed by atoms with E-state index in [0.717, 1.165) is 44.9 Å². The first-order valence-corrected chi connectivity index (χ1v) is 22.0. The van der Waals surface area contributed by atoms with Crippen molar-refractivity contribution in [3.63, 3.8) is 0 Å². The molecule has 3 atom stereocenters. The minimum absolute atomic E-state index is 0.00910. The number of rotatable bonds is 37. The maximum Gasteiger partial charge on any atom is 0.268 e. The van der Waals surface area contributed by atoms with Gasteiger partial charge in [-0.2, -0.15) is 0 Å². The van der Waals surface area contributed by atoms with E-state index in [1.807, 2.05) is 21.1 Å².